The number of nitrogens with one attached hydrogen (secondary N) is 1. The Morgan fingerprint density at radius 2 is 2.00 bits per heavy atom. The molecule has 21 heavy (non-hydrogen) atoms. The van der Waals surface area contributed by atoms with E-state index in [0.29, 0.717) is 6.04 Å². The first-order chi connectivity index (χ1) is 10.2. The van der Waals surface area contributed by atoms with Crippen molar-refractivity contribution in [1.29, 1.82) is 0 Å². The molecule has 0 unspecified atom stereocenters. The number of nitrogens with zero attached hydrogens (tertiary/aromatic N) is 1. The maximum Gasteiger partial charge on any atom is 0.123 e. The number of benzene rings is 1. The first kappa shape index (κ1) is 15.1. The maximum atomic E-state index is 6.18. The molecule has 0 bridgehead atoms. The molecule has 0 amide bonds. The topological polar surface area (TPSA) is 24.5 Å². The first-order valence-corrected chi connectivity index (χ1v) is 8.42. The molecule has 0 atom stereocenters. The van der Waals surface area contributed by atoms with Gasteiger partial charge in [0.2, 0.25) is 0 Å². The monoisotopic (exact) mass is 308 g/mol. The highest BCUT2D eigenvalue weighted by Gasteiger charge is 2.23. The van der Waals surface area contributed by atoms with Gasteiger partial charge in [0.15, 0.2) is 0 Å². The lowest BCUT2D eigenvalue weighted by Gasteiger charge is -2.32. The number of piperidine rings is 1. The van der Waals surface area contributed by atoms with Crippen LogP contribution in [0.5, 0.6) is 5.75 Å². The fraction of sp³-hybridized carbons (Fsp3) is 0.647. The Hall–Kier alpha value is -0.770. The maximum absolute atomic E-state index is 6.18. The molecule has 0 spiro atoms. The molecule has 2 fully saturated rings. The Bertz CT molecular complexity index is 470. The van der Waals surface area contributed by atoms with Crippen LogP contribution in [0.15, 0.2) is 18.2 Å². The second-order valence-corrected chi connectivity index (χ2v) is 6.84. The van der Waals surface area contributed by atoms with Crippen LogP contribution in [0.25, 0.3) is 0 Å². The molecule has 1 saturated heterocycles. The molecule has 0 radical (unpaired) electrons. The van der Waals surface area contributed by atoms with Crippen LogP contribution >= 0.6 is 11.6 Å². The van der Waals surface area contributed by atoms with Crippen molar-refractivity contribution in [2.24, 2.45) is 5.92 Å². The van der Waals surface area contributed by atoms with Crippen LogP contribution in [0.3, 0.4) is 0 Å². The van der Waals surface area contributed by atoms with Gasteiger partial charge in [0.05, 0.1) is 6.61 Å². The minimum atomic E-state index is 0.654. The molecule has 1 aromatic carbocycles. The molecule has 116 valence electrons. The Kier molecular flexibility index (Phi) is 5.04. The van der Waals surface area contributed by atoms with Crippen LogP contribution in [0.4, 0.5) is 0 Å². The zero-order chi connectivity index (χ0) is 14.7. The highest BCUT2D eigenvalue weighted by atomic mass is 35.5. The number of rotatable bonds is 6. The molecule has 1 N–H and O–H groups in total. The van der Waals surface area contributed by atoms with Gasteiger partial charge in [0.25, 0.3) is 0 Å². The van der Waals surface area contributed by atoms with E-state index in [4.69, 9.17) is 16.3 Å². The number of halogens is 1. The molecule has 4 heteroatoms. The van der Waals surface area contributed by atoms with Gasteiger partial charge in [0.1, 0.15) is 5.75 Å². The normalized spacial score (nSPS) is 20.0. The van der Waals surface area contributed by atoms with Crippen molar-refractivity contribution in [3.63, 3.8) is 0 Å². The van der Waals surface area contributed by atoms with E-state index in [-0.39, 0.29) is 0 Å². The second kappa shape index (κ2) is 6.99. The Labute approximate surface area is 132 Å². The third-order valence-corrected chi connectivity index (χ3v) is 4.78. The third kappa shape index (κ3) is 4.35. The zero-order valence-corrected chi connectivity index (χ0v) is 13.5. The van der Waals surface area contributed by atoms with Crippen LogP contribution in [0.1, 0.15) is 31.2 Å². The lowest BCUT2D eigenvalue weighted by Crippen LogP contribution is -2.40. The predicted molar refractivity (Wildman–Crippen MR) is 87.0 cm³/mol. The molecule has 1 aliphatic heterocycles. The molecule has 2 aliphatic rings. The minimum Gasteiger partial charge on any atom is -0.493 e. The average molecular weight is 309 g/mol. The summed E-state index contributed by atoms with van der Waals surface area (Å²) in [5, 5.41) is 4.22. The van der Waals surface area contributed by atoms with Gasteiger partial charge in [-0.2, -0.15) is 0 Å². The Balaban J connectivity index is 1.65. The number of hydrogen-bond acceptors (Lipinski definition) is 3. The van der Waals surface area contributed by atoms with Crippen molar-refractivity contribution in [3.05, 3.63) is 28.8 Å². The van der Waals surface area contributed by atoms with Gasteiger partial charge in [0, 0.05) is 23.2 Å². The van der Waals surface area contributed by atoms with E-state index in [2.05, 4.69) is 23.3 Å². The second-order valence-electron chi connectivity index (χ2n) is 6.40. The van der Waals surface area contributed by atoms with Crippen molar-refractivity contribution in [3.8, 4) is 5.75 Å². The van der Waals surface area contributed by atoms with Gasteiger partial charge in [-0.3, -0.25) is 4.90 Å². The SMILES string of the molecule is CN(Cc1cc(Cl)ccc1OCC1CC1)C1CCNCC1. The van der Waals surface area contributed by atoms with Crippen LogP contribution in [0.2, 0.25) is 5.02 Å². The number of hydrogen-bond donors (Lipinski definition) is 1. The van der Waals surface area contributed by atoms with Crippen LogP contribution in [-0.4, -0.2) is 37.7 Å². The van der Waals surface area contributed by atoms with E-state index in [9.17, 15) is 0 Å². The van der Waals surface area contributed by atoms with Crippen molar-refractivity contribution in [2.75, 3.05) is 26.7 Å². The van der Waals surface area contributed by atoms with Crippen LogP contribution in [0, 0.1) is 5.92 Å². The third-order valence-electron chi connectivity index (χ3n) is 4.55. The molecule has 3 rings (SSSR count). The summed E-state index contributed by atoms with van der Waals surface area (Å²) in [4.78, 5) is 2.44. The molecule has 1 saturated carbocycles. The summed E-state index contributed by atoms with van der Waals surface area (Å²) in [7, 11) is 2.21. The molecule has 1 heterocycles. The zero-order valence-electron chi connectivity index (χ0n) is 12.8. The molecule has 3 nitrogen and oxygen atoms in total. The lowest BCUT2D eigenvalue weighted by molar-refractivity contribution is 0.188. The van der Waals surface area contributed by atoms with E-state index < -0.39 is 0 Å². The van der Waals surface area contributed by atoms with Crippen LogP contribution in [-0.2, 0) is 6.54 Å². The van der Waals surface area contributed by atoms with E-state index in [0.717, 1.165) is 42.9 Å². The summed E-state index contributed by atoms with van der Waals surface area (Å²) >= 11 is 6.18. The molecular weight excluding hydrogens is 284 g/mol. The highest BCUT2D eigenvalue weighted by molar-refractivity contribution is 6.30. The summed E-state index contributed by atoms with van der Waals surface area (Å²) in [6, 6.07) is 6.66. The standard InChI is InChI=1S/C17H25ClN2O/c1-20(16-6-8-19-9-7-16)11-14-10-15(18)4-5-17(14)21-12-13-2-3-13/h4-5,10,13,16,19H,2-3,6-9,11-12H2,1H3. The van der Waals surface area contributed by atoms with Gasteiger partial charge in [-0.15, -0.1) is 0 Å². The van der Waals surface area contributed by atoms with E-state index in [1.807, 2.05) is 12.1 Å². The van der Waals surface area contributed by atoms with Gasteiger partial charge in [-0.25, -0.2) is 0 Å². The van der Waals surface area contributed by atoms with Crippen molar-refractivity contribution >= 4 is 11.6 Å². The van der Waals surface area contributed by atoms with E-state index in [1.165, 1.54) is 31.2 Å². The van der Waals surface area contributed by atoms with Crippen LogP contribution < -0.4 is 10.1 Å². The Morgan fingerprint density at radius 3 is 2.71 bits per heavy atom. The quantitative estimate of drug-likeness (QED) is 0.872. The van der Waals surface area contributed by atoms with Gasteiger partial charge >= 0.3 is 0 Å². The summed E-state index contributed by atoms with van der Waals surface area (Å²) in [6.07, 6.45) is 5.07. The van der Waals surface area contributed by atoms with E-state index >= 15 is 0 Å². The summed E-state index contributed by atoms with van der Waals surface area (Å²) in [5.41, 5.74) is 1.21. The average Bonchev–Trinajstić information content (AvgIpc) is 3.31. The van der Waals surface area contributed by atoms with E-state index in [1.54, 1.807) is 0 Å². The minimum absolute atomic E-state index is 0.654. The molecular formula is C17H25ClN2O. The summed E-state index contributed by atoms with van der Waals surface area (Å²) in [5.74, 6) is 1.78. The smallest absolute Gasteiger partial charge is 0.123 e. The number of ether oxygens (including phenoxy) is 1. The lowest BCUT2D eigenvalue weighted by atomic mass is 10.0. The predicted octanol–water partition coefficient (Wildman–Crippen LogP) is 3.31. The largest absolute Gasteiger partial charge is 0.493 e. The Morgan fingerprint density at radius 1 is 1.24 bits per heavy atom. The summed E-state index contributed by atoms with van der Waals surface area (Å²) in [6.45, 7) is 4.00. The van der Waals surface area contributed by atoms with Gasteiger partial charge < -0.3 is 10.1 Å². The fourth-order valence-electron chi connectivity index (χ4n) is 2.95. The van der Waals surface area contributed by atoms with Crippen molar-refractivity contribution in [1.82, 2.24) is 10.2 Å². The highest BCUT2D eigenvalue weighted by Crippen LogP contribution is 2.31. The molecule has 1 aromatic rings. The van der Waals surface area contributed by atoms with Crippen molar-refractivity contribution < 1.29 is 4.74 Å². The molecule has 1 aliphatic carbocycles. The van der Waals surface area contributed by atoms with Gasteiger partial charge in [-0.05, 0) is 69.9 Å². The summed E-state index contributed by atoms with van der Waals surface area (Å²) < 4.78 is 6.01. The first-order valence-electron chi connectivity index (χ1n) is 8.04. The fourth-order valence-corrected chi connectivity index (χ4v) is 3.14. The van der Waals surface area contributed by atoms with Crippen molar-refractivity contribution in [2.45, 2.75) is 38.3 Å². The molecule has 0 aromatic heterocycles. The van der Waals surface area contributed by atoms with Gasteiger partial charge in [-0.1, -0.05) is 11.6 Å².